The molecule has 2 aromatic carbocycles. The fourth-order valence-electron chi connectivity index (χ4n) is 1.97. The zero-order valence-corrected chi connectivity index (χ0v) is 15.4. The maximum atomic E-state index is 11.5. The van der Waals surface area contributed by atoms with Crippen molar-refractivity contribution in [1.82, 2.24) is 10.2 Å². The summed E-state index contributed by atoms with van der Waals surface area (Å²) in [6.07, 6.45) is 0. The molecule has 0 saturated heterocycles. The fraction of sp³-hybridized carbons (Fsp3) is 0.278. The van der Waals surface area contributed by atoms with Crippen LogP contribution in [0.5, 0.6) is 5.75 Å². The molecule has 1 N–H and O–H groups in total. The second-order valence-electron chi connectivity index (χ2n) is 5.45. The highest BCUT2D eigenvalue weighted by atomic mass is 35.5. The molecule has 0 aliphatic rings. The van der Waals surface area contributed by atoms with Crippen LogP contribution in [0.15, 0.2) is 48.5 Å². The molecule has 0 unspecified atom stereocenters. The molecule has 0 atom stereocenters. The van der Waals surface area contributed by atoms with Crippen molar-refractivity contribution in [3.8, 4) is 5.75 Å². The summed E-state index contributed by atoms with van der Waals surface area (Å²) in [6.45, 7) is 1.46. The number of likely N-dealkylation sites (N-methyl/N-ethyl adjacent to an activating group) is 1. The molecule has 0 spiro atoms. The first-order valence-electron chi connectivity index (χ1n) is 7.41. The topological polar surface area (TPSA) is 41.6 Å². The Labute approximate surface area is 154 Å². The van der Waals surface area contributed by atoms with Crippen LogP contribution in [-0.2, 0) is 17.9 Å². The number of carbonyl (C=O) groups excluding carboxylic acids is 1. The molecule has 24 heavy (non-hydrogen) atoms. The lowest BCUT2D eigenvalue weighted by Gasteiger charge is -2.11. The Morgan fingerprint density at radius 3 is 2.46 bits per heavy atom. The van der Waals surface area contributed by atoms with E-state index in [2.05, 4.69) is 5.32 Å². The first kappa shape index (κ1) is 20.3. The highest BCUT2D eigenvalue weighted by Crippen LogP contribution is 2.16. The van der Waals surface area contributed by atoms with Crippen LogP contribution < -0.4 is 10.1 Å². The van der Waals surface area contributed by atoms with Crippen LogP contribution in [0.3, 0.4) is 0 Å². The molecular weight excluding hydrogens is 347 g/mol. The summed E-state index contributed by atoms with van der Waals surface area (Å²) in [6, 6.07) is 15.4. The van der Waals surface area contributed by atoms with E-state index in [0.717, 1.165) is 16.9 Å². The largest absolute Gasteiger partial charge is 0.489 e. The molecule has 2 rings (SSSR count). The van der Waals surface area contributed by atoms with E-state index in [1.807, 2.05) is 48.5 Å². The molecule has 0 bridgehead atoms. The summed E-state index contributed by atoms with van der Waals surface area (Å²) in [5.41, 5.74) is 2.14. The zero-order valence-electron chi connectivity index (χ0n) is 13.8. The average Bonchev–Trinajstić information content (AvgIpc) is 2.54. The molecule has 0 fully saturated rings. The quantitative estimate of drug-likeness (QED) is 0.812. The van der Waals surface area contributed by atoms with Crippen molar-refractivity contribution in [2.75, 3.05) is 20.6 Å². The van der Waals surface area contributed by atoms with Crippen molar-refractivity contribution in [3.63, 3.8) is 0 Å². The number of amides is 1. The van der Waals surface area contributed by atoms with Crippen LogP contribution in [0.4, 0.5) is 0 Å². The van der Waals surface area contributed by atoms with Gasteiger partial charge in [-0.2, -0.15) is 0 Å². The van der Waals surface area contributed by atoms with Gasteiger partial charge in [0.15, 0.2) is 0 Å². The van der Waals surface area contributed by atoms with Gasteiger partial charge in [0.05, 0.1) is 6.54 Å². The lowest BCUT2D eigenvalue weighted by Crippen LogP contribution is -2.32. The normalized spacial score (nSPS) is 9.96. The van der Waals surface area contributed by atoms with Crippen LogP contribution >= 0.6 is 24.0 Å². The van der Waals surface area contributed by atoms with Crippen molar-refractivity contribution in [1.29, 1.82) is 0 Å². The van der Waals surface area contributed by atoms with E-state index < -0.39 is 0 Å². The lowest BCUT2D eigenvalue weighted by atomic mass is 10.2. The van der Waals surface area contributed by atoms with Crippen molar-refractivity contribution in [2.24, 2.45) is 0 Å². The molecule has 0 radical (unpaired) electrons. The summed E-state index contributed by atoms with van der Waals surface area (Å²) in [5.74, 6) is 0.865. The van der Waals surface area contributed by atoms with Gasteiger partial charge in [0.25, 0.3) is 0 Å². The number of nitrogens with one attached hydrogen (secondary N) is 1. The maximum absolute atomic E-state index is 11.5. The molecule has 1 amide bonds. The minimum atomic E-state index is 0. The van der Waals surface area contributed by atoms with Gasteiger partial charge < -0.3 is 15.0 Å². The minimum absolute atomic E-state index is 0. The van der Waals surface area contributed by atoms with Crippen molar-refractivity contribution >= 4 is 29.9 Å². The number of benzene rings is 2. The average molecular weight is 369 g/mol. The highest BCUT2D eigenvalue weighted by molar-refractivity contribution is 6.30. The molecule has 0 saturated carbocycles. The number of halogens is 2. The third-order valence-electron chi connectivity index (χ3n) is 3.32. The van der Waals surface area contributed by atoms with Gasteiger partial charge in [0, 0.05) is 25.7 Å². The van der Waals surface area contributed by atoms with Crippen LogP contribution in [0.2, 0.25) is 5.02 Å². The van der Waals surface area contributed by atoms with E-state index in [4.69, 9.17) is 16.3 Å². The standard InChI is InChI=1S/C18H21ClN2O2.ClH/c1-21(2)18(22)12-20-11-14-6-8-17(9-7-14)23-13-15-4-3-5-16(19)10-15;/h3-10,20H,11-13H2,1-2H3;1H. The summed E-state index contributed by atoms with van der Waals surface area (Å²) in [4.78, 5) is 13.0. The zero-order chi connectivity index (χ0) is 16.7. The second kappa shape index (κ2) is 10.2. The van der Waals surface area contributed by atoms with Gasteiger partial charge in [0.1, 0.15) is 12.4 Å². The third kappa shape index (κ3) is 6.79. The van der Waals surface area contributed by atoms with E-state index >= 15 is 0 Å². The van der Waals surface area contributed by atoms with Gasteiger partial charge in [-0.25, -0.2) is 0 Å². The monoisotopic (exact) mass is 368 g/mol. The SMILES string of the molecule is CN(C)C(=O)CNCc1ccc(OCc2cccc(Cl)c2)cc1.Cl. The fourth-order valence-corrected chi connectivity index (χ4v) is 2.18. The number of nitrogens with zero attached hydrogens (tertiary/aromatic N) is 1. The Morgan fingerprint density at radius 2 is 1.83 bits per heavy atom. The minimum Gasteiger partial charge on any atom is -0.489 e. The number of rotatable bonds is 7. The first-order valence-corrected chi connectivity index (χ1v) is 7.79. The van der Waals surface area contributed by atoms with Gasteiger partial charge in [-0.1, -0.05) is 35.9 Å². The van der Waals surface area contributed by atoms with E-state index in [1.165, 1.54) is 0 Å². The van der Waals surface area contributed by atoms with Gasteiger partial charge in [-0.15, -0.1) is 12.4 Å². The molecule has 0 heterocycles. The Balaban J connectivity index is 0.00000288. The molecular formula is C18H22Cl2N2O2. The maximum Gasteiger partial charge on any atom is 0.236 e. The Hall–Kier alpha value is -1.75. The van der Waals surface area contributed by atoms with Crippen LogP contribution in [-0.4, -0.2) is 31.4 Å². The predicted octanol–water partition coefficient (Wildman–Crippen LogP) is 3.52. The van der Waals surface area contributed by atoms with Crippen LogP contribution in [0.25, 0.3) is 0 Å². The van der Waals surface area contributed by atoms with E-state index in [1.54, 1.807) is 19.0 Å². The third-order valence-corrected chi connectivity index (χ3v) is 3.56. The first-order chi connectivity index (χ1) is 11.0. The molecule has 0 aliphatic heterocycles. The van der Waals surface area contributed by atoms with Crippen LogP contribution in [0.1, 0.15) is 11.1 Å². The van der Waals surface area contributed by atoms with Gasteiger partial charge in [0.2, 0.25) is 5.91 Å². The number of ether oxygens (including phenoxy) is 1. The molecule has 6 heteroatoms. The second-order valence-corrected chi connectivity index (χ2v) is 5.89. The Kier molecular flexibility index (Phi) is 8.61. The molecule has 0 aromatic heterocycles. The smallest absolute Gasteiger partial charge is 0.236 e. The number of carbonyl (C=O) groups is 1. The Bertz CT molecular complexity index is 646. The van der Waals surface area contributed by atoms with Crippen LogP contribution in [0, 0.1) is 0 Å². The van der Waals surface area contributed by atoms with E-state index in [9.17, 15) is 4.79 Å². The van der Waals surface area contributed by atoms with Gasteiger partial charge in [-0.05, 0) is 35.4 Å². The predicted molar refractivity (Wildman–Crippen MR) is 99.9 cm³/mol. The molecule has 130 valence electrons. The molecule has 4 nitrogen and oxygen atoms in total. The number of hydrogen-bond acceptors (Lipinski definition) is 3. The summed E-state index contributed by atoms with van der Waals surface area (Å²) < 4.78 is 5.74. The van der Waals surface area contributed by atoms with E-state index in [-0.39, 0.29) is 18.3 Å². The van der Waals surface area contributed by atoms with Gasteiger partial charge in [-0.3, -0.25) is 4.79 Å². The highest BCUT2D eigenvalue weighted by Gasteiger charge is 2.03. The number of hydrogen-bond donors (Lipinski definition) is 1. The molecule has 2 aromatic rings. The summed E-state index contributed by atoms with van der Waals surface area (Å²) in [5, 5.41) is 3.83. The molecule has 0 aliphatic carbocycles. The van der Waals surface area contributed by atoms with E-state index in [0.29, 0.717) is 24.7 Å². The van der Waals surface area contributed by atoms with Crippen molar-refractivity contribution in [3.05, 3.63) is 64.7 Å². The lowest BCUT2D eigenvalue weighted by molar-refractivity contribution is -0.127. The summed E-state index contributed by atoms with van der Waals surface area (Å²) >= 11 is 5.95. The Morgan fingerprint density at radius 1 is 1.12 bits per heavy atom. The van der Waals surface area contributed by atoms with Crippen molar-refractivity contribution < 1.29 is 9.53 Å². The van der Waals surface area contributed by atoms with Gasteiger partial charge >= 0.3 is 0 Å². The van der Waals surface area contributed by atoms with Crippen molar-refractivity contribution in [2.45, 2.75) is 13.2 Å². The summed E-state index contributed by atoms with van der Waals surface area (Å²) in [7, 11) is 3.49.